The molecule has 0 aromatic carbocycles. The van der Waals surface area contributed by atoms with Crippen LogP contribution in [0.4, 0.5) is 5.82 Å². The van der Waals surface area contributed by atoms with E-state index < -0.39 is 5.97 Å². The lowest BCUT2D eigenvalue weighted by Gasteiger charge is -2.15. The number of methoxy groups -OCH3 is 1. The van der Waals surface area contributed by atoms with Gasteiger partial charge in [0.1, 0.15) is 11.6 Å². The number of ether oxygens (including phenoxy) is 1. The van der Waals surface area contributed by atoms with Crippen molar-refractivity contribution in [2.45, 2.75) is 19.9 Å². The van der Waals surface area contributed by atoms with Crippen LogP contribution in [0.3, 0.4) is 0 Å². The van der Waals surface area contributed by atoms with Crippen LogP contribution >= 0.6 is 11.3 Å². The van der Waals surface area contributed by atoms with E-state index in [1.54, 1.807) is 11.3 Å². The Morgan fingerprint density at radius 3 is 2.89 bits per heavy atom. The molecule has 0 saturated heterocycles. The largest absolute Gasteiger partial charge is 0.464 e. The van der Waals surface area contributed by atoms with Crippen LogP contribution in [0.1, 0.15) is 34.8 Å². The molecule has 0 fully saturated rings. The van der Waals surface area contributed by atoms with Crippen molar-refractivity contribution in [2.75, 3.05) is 12.8 Å². The average molecular weight is 265 g/mol. The van der Waals surface area contributed by atoms with Crippen molar-refractivity contribution in [1.82, 2.24) is 9.55 Å². The summed E-state index contributed by atoms with van der Waals surface area (Å²) in [5.41, 5.74) is 7.31. The van der Waals surface area contributed by atoms with E-state index in [0.717, 1.165) is 5.56 Å². The lowest BCUT2D eigenvalue weighted by atomic mass is 10.2. The molecule has 0 aliphatic carbocycles. The molecular formula is C12H15N3O2S. The molecule has 18 heavy (non-hydrogen) atoms. The lowest BCUT2D eigenvalue weighted by Crippen LogP contribution is -2.12. The Morgan fingerprint density at radius 1 is 1.61 bits per heavy atom. The molecular weight excluding hydrogens is 250 g/mol. The Hall–Kier alpha value is -1.82. The fourth-order valence-corrected chi connectivity index (χ4v) is 2.71. The maximum absolute atomic E-state index is 11.5. The highest BCUT2D eigenvalue weighted by atomic mass is 32.1. The Bertz CT molecular complexity index is 560. The standard InChI is InChI=1S/C12H15N3O2S/c1-7(9-4-5-18-6-9)15-8(2)14-10(11(15)13)12(16)17-3/h4-7H,13H2,1-3H3. The smallest absolute Gasteiger partial charge is 0.360 e. The molecule has 2 N–H and O–H groups in total. The zero-order valence-corrected chi connectivity index (χ0v) is 11.3. The Labute approximate surface area is 109 Å². The minimum absolute atomic E-state index is 0.0437. The fourth-order valence-electron chi connectivity index (χ4n) is 1.96. The number of anilines is 1. The van der Waals surface area contributed by atoms with Gasteiger partial charge in [0.2, 0.25) is 0 Å². The summed E-state index contributed by atoms with van der Waals surface area (Å²) >= 11 is 1.63. The predicted octanol–water partition coefficient (Wildman–Crippen LogP) is 2.23. The zero-order chi connectivity index (χ0) is 13.3. The third kappa shape index (κ3) is 1.99. The number of nitrogens with zero attached hydrogens (tertiary/aromatic N) is 2. The number of nitrogens with two attached hydrogens (primary N) is 1. The monoisotopic (exact) mass is 265 g/mol. The van der Waals surface area contributed by atoms with Gasteiger partial charge in [-0.3, -0.25) is 0 Å². The zero-order valence-electron chi connectivity index (χ0n) is 10.5. The number of hydrogen-bond donors (Lipinski definition) is 1. The molecule has 2 heterocycles. The van der Waals surface area contributed by atoms with Crippen LogP contribution in [0.25, 0.3) is 0 Å². The normalized spacial score (nSPS) is 12.4. The van der Waals surface area contributed by atoms with Crippen molar-refractivity contribution in [2.24, 2.45) is 0 Å². The Balaban J connectivity index is 2.46. The molecule has 0 saturated carbocycles. The maximum atomic E-state index is 11.5. The molecule has 1 atom stereocenters. The van der Waals surface area contributed by atoms with Crippen molar-refractivity contribution in [1.29, 1.82) is 0 Å². The van der Waals surface area contributed by atoms with Crippen molar-refractivity contribution in [3.8, 4) is 0 Å². The van der Waals surface area contributed by atoms with Crippen molar-refractivity contribution >= 4 is 23.1 Å². The van der Waals surface area contributed by atoms with E-state index in [1.807, 2.05) is 29.9 Å². The second-order valence-electron chi connectivity index (χ2n) is 3.99. The van der Waals surface area contributed by atoms with Crippen LogP contribution in [-0.2, 0) is 4.74 Å². The number of carbonyl (C=O) groups is 1. The first-order valence-corrected chi connectivity index (χ1v) is 6.45. The van der Waals surface area contributed by atoms with Gasteiger partial charge in [-0.15, -0.1) is 0 Å². The number of carbonyl (C=O) groups excluding carboxylic acids is 1. The molecule has 2 rings (SSSR count). The number of thiophene rings is 1. The molecule has 0 radical (unpaired) electrons. The number of imidazole rings is 1. The summed E-state index contributed by atoms with van der Waals surface area (Å²) in [5.74, 6) is 0.538. The Kier molecular flexibility index (Phi) is 3.38. The summed E-state index contributed by atoms with van der Waals surface area (Å²) in [6, 6.07) is 2.08. The van der Waals surface area contributed by atoms with Crippen LogP contribution in [0.2, 0.25) is 0 Å². The highest BCUT2D eigenvalue weighted by molar-refractivity contribution is 7.07. The van der Waals surface area contributed by atoms with Gasteiger partial charge in [0, 0.05) is 0 Å². The summed E-state index contributed by atoms with van der Waals surface area (Å²) in [6.07, 6.45) is 0. The van der Waals surface area contributed by atoms with E-state index in [4.69, 9.17) is 5.73 Å². The van der Waals surface area contributed by atoms with Gasteiger partial charge < -0.3 is 15.0 Å². The number of hydrogen-bond acceptors (Lipinski definition) is 5. The molecule has 2 aromatic rings. The van der Waals surface area contributed by atoms with E-state index in [9.17, 15) is 4.79 Å². The first-order chi connectivity index (χ1) is 8.56. The molecule has 5 nitrogen and oxygen atoms in total. The van der Waals surface area contributed by atoms with E-state index in [1.165, 1.54) is 7.11 Å². The van der Waals surface area contributed by atoms with Gasteiger partial charge in [-0.25, -0.2) is 9.78 Å². The molecule has 96 valence electrons. The van der Waals surface area contributed by atoms with E-state index >= 15 is 0 Å². The van der Waals surface area contributed by atoms with Crippen LogP contribution < -0.4 is 5.73 Å². The fraction of sp³-hybridized carbons (Fsp3) is 0.333. The number of esters is 1. The SMILES string of the molecule is COC(=O)c1nc(C)n(C(C)c2ccsc2)c1N. The van der Waals surface area contributed by atoms with Crippen molar-refractivity contribution in [3.05, 3.63) is 33.9 Å². The highest BCUT2D eigenvalue weighted by Crippen LogP contribution is 2.27. The van der Waals surface area contributed by atoms with Gasteiger partial charge in [0.05, 0.1) is 13.2 Å². The van der Waals surface area contributed by atoms with Gasteiger partial charge in [0.25, 0.3) is 0 Å². The molecule has 2 aromatic heterocycles. The summed E-state index contributed by atoms with van der Waals surface area (Å²) in [4.78, 5) is 15.7. The minimum atomic E-state index is -0.508. The van der Waals surface area contributed by atoms with E-state index in [-0.39, 0.29) is 11.7 Å². The number of nitrogen functional groups attached to an aromatic ring is 1. The summed E-state index contributed by atoms with van der Waals surface area (Å²) < 4.78 is 6.50. The molecule has 1 unspecified atom stereocenters. The summed E-state index contributed by atoms with van der Waals surface area (Å²) in [5, 5.41) is 4.07. The van der Waals surface area contributed by atoms with Crippen LogP contribution in [0.5, 0.6) is 0 Å². The number of aryl methyl sites for hydroxylation is 1. The average Bonchev–Trinajstić information content (AvgIpc) is 2.96. The van der Waals surface area contributed by atoms with Crippen LogP contribution in [0, 0.1) is 6.92 Å². The summed E-state index contributed by atoms with van der Waals surface area (Å²) in [6.45, 7) is 3.85. The van der Waals surface area contributed by atoms with E-state index in [0.29, 0.717) is 11.6 Å². The molecule has 0 spiro atoms. The second-order valence-corrected chi connectivity index (χ2v) is 4.77. The molecule has 0 aliphatic rings. The maximum Gasteiger partial charge on any atom is 0.360 e. The Morgan fingerprint density at radius 2 is 2.33 bits per heavy atom. The van der Waals surface area contributed by atoms with Gasteiger partial charge in [-0.1, -0.05) is 0 Å². The molecule has 0 bridgehead atoms. The first-order valence-electron chi connectivity index (χ1n) is 5.51. The van der Waals surface area contributed by atoms with E-state index in [2.05, 4.69) is 15.1 Å². The molecule has 0 aliphatic heterocycles. The molecule has 6 heteroatoms. The van der Waals surface area contributed by atoms with Gasteiger partial charge >= 0.3 is 5.97 Å². The summed E-state index contributed by atoms with van der Waals surface area (Å²) in [7, 11) is 1.32. The number of rotatable bonds is 3. The van der Waals surface area contributed by atoms with Crippen LogP contribution in [-0.4, -0.2) is 22.6 Å². The molecule has 0 amide bonds. The van der Waals surface area contributed by atoms with Gasteiger partial charge in [0.15, 0.2) is 5.69 Å². The highest BCUT2D eigenvalue weighted by Gasteiger charge is 2.22. The predicted molar refractivity (Wildman–Crippen MR) is 70.8 cm³/mol. The quantitative estimate of drug-likeness (QED) is 0.864. The topological polar surface area (TPSA) is 70.1 Å². The van der Waals surface area contributed by atoms with Crippen LogP contribution in [0.15, 0.2) is 16.8 Å². The second kappa shape index (κ2) is 4.81. The third-order valence-electron chi connectivity index (χ3n) is 2.92. The lowest BCUT2D eigenvalue weighted by molar-refractivity contribution is 0.0595. The van der Waals surface area contributed by atoms with Gasteiger partial charge in [-0.05, 0) is 36.2 Å². The van der Waals surface area contributed by atoms with Gasteiger partial charge in [-0.2, -0.15) is 11.3 Å². The third-order valence-corrected chi connectivity index (χ3v) is 3.62. The van der Waals surface area contributed by atoms with Crippen molar-refractivity contribution < 1.29 is 9.53 Å². The van der Waals surface area contributed by atoms with Crippen molar-refractivity contribution in [3.63, 3.8) is 0 Å². The first kappa shape index (κ1) is 12.6. The minimum Gasteiger partial charge on any atom is -0.464 e. The number of aromatic nitrogens is 2.